The summed E-state index contributed by atoms with van der Waals surface area (Å²) in [6.45, 7) is 4.73. The largest absolute Gasteiger partial charge is 0.423 e. The van der Waals surface area contributed by atoms with Crippen molar-refractivity contribution in [2.45, 2.75) is 57.5 Å². The Bertz CT molecular complexity index is 1040. The second kappa shape index (κ2) is 10.2. The van der Waals surface area contributed by atoms with Gasteiger partial charge < -0.3 is 4.74 Å². The van der Waals surface area contributed by atoms with E-state index in [0.717, 1.165) is 50.7 Å². The first-order valence-corrected chi connectivity index (χ1v) is 10.9. The summed E-state index contributed by atoms with van der Waals surface area (Å²) in [5, 5.41) is 0. The van der Waals surface area contributed by atoms with Crippen molar-refractivity contribution in [1.82, 2.24) is 0 Å². The number of halogens is 7. The van der Waals surface area contributed by atoms with Gasteiger partial charge in [-0.3, -0.25) is 0 Å². The van der Waals surface area contributed by atoms with Crippen molar-refractivity contribution in [2.75, 3.05) is 0 Å². The number of allylic oxidation sites excluding steroid dienone is 1. The third-order valence-corrected chi connectivity index (χ3v) is 6.15. The lowest BCUT2D eigenvalue weighted by molar-refractivity contribution is -0.0690. The summed E-state index contributed by atoms with van der Waals surface area (Å²) in [6, 6.07) is 2.71. The van der Waals surface area contributed by atoms with Crippen molar-refractivity contribution in [3.8, 4) is 5.75 Å². The first-order valence-electron chi connectivity index (χ1n) is 10.9. The number of ether oxygens (including phenoxy) is 1. The van der Waals surface area contributed by atoms with Gasteiger partial charge >= 0.3 is 12.1 Å². The standard InChI is InChI=1S/C25H23F7O2/c1-3-4-14-5-7-15(8-6-14)16-9-18(26)23(19(27)10-16)24(33)34-17-11-20(28)22(21(29)12-17)13(2)25(30,31)32/h9-12,14-15H,2-8H2,1H3. The molecule has 2 aromatic carbocycles. The van der Waals surface area contributed by atoms with Crippen molar-refractivity contribution in [1.29, 1.82) is 0 Å². The highest BCUT2D eigenvalue weighted by atomic mass is 19.4. The number of esters is 1. The molecule has 0 saturated heterocycles. The zero-order valence-electron chi connectivity index (χ0n) is 18.4. The molecule has 1 fully saturated rings. The average Bonchev–Trinajstić information content (AvgIpc) is 2.72. The van der Waals surface area contributed by atoms with Crippen LogP contribution in [0.2, 0.25) is 0 Å². The van der Waals surface area contributed by atoms with Crippen LogP contribution in [0.25, 0.3) is 5.57 Å². The highest BCUT2D eigenvalue weighted by Crippen LogP contribution is 2.39. The maximum Gasteiger partial charge on any atom is 0.416 e. The number of carbonyl (C=O) groups is 1. The summed E-state index contributed by atoms with van der Waals surface area (Å²) < 4.78 is 100. The van der Waals surface area contributed by atoms with Crippen molar-refractivity contribution in [3.63, 3.8) is 0 Å². The van der Waals surface area contributed by atoms with E-state index >= 15 is 0 Å². The third-order valence-electron chi connectivity index (χ3n) is 6.15. The molecule has 34 heavy (non-hydrogen) atoms. The van der Waals surface area contributed by atoms with Gasteiger partial charge in [-0.25, -0.2) is 22.4 Å². The van der Waals surface area contributed by atoms with Gasteiger partial charge in [0, 0.05) is 12.1 Å². The van der Waals surface area contributed by atoms with Crippen LogP contribution in [0.4, 0.5) is 30.7 Å². The fourth-order valence-electron chi connectivity index (χ4n) is 4.41. The van der Waals surface area contributed by atoms with E-state index in [0.29, 0.717) is 23.6 Å². The molecule has 184 valence electrons. The molecule has 0 unspecified atom stereocenters. The lowest BCUT2D eigenvalue weighted by atomic mass is 9.77. The van der Waals surface area contributed by atoms with Crippen molar-refractivity contribution in [3.05, 3.63) is 70.8 Å². The van der Waals surface area contributed by atoms with Crippen LogP contribution in [0.3, 0.4) is 0 Å². The molecule has 0 radical (unpaired) electrons. The van der Waals surface area contributed by atoms with E-state index in [4.69, 9.17) is 0 Å². The van der Waals surface area contributed by atoms with Crippen LogP contribution < -0.4 is 4.74 Å². The quantitative estimate of drug-likeness (QED) is 0.233. The smallest absolute Gasteiger partial charge is 0.416 e. The summed E-state index contributed by atoms with van der Waals surface area (Å²) in [5.41, 5.74) is -3.86. The third kappa shape index (κ3) is 5.62. The monoisotopic (exact) mass is 488 g/mol. The minimum absolute atomic E-state index is 0.0559. The topological polar surface area (TPSA) is 26.3 Å². The molecule has 0 aliphatic heterocycles. The summed E-state index contributed by atoms with van der Waals surface area (Å²) in [7, 11) is 0. The number of hydrogen-bond donors (Lipinski definition) is 0. The van der Waals surface area contributed by atoms with Crippen LogP contribution in [0, 0.1) is 29.2 Å². The SMILES string of the molecule is C=C(c1c(F)cc(OC(=O)c2c(F)cc(C3CCC(CCC)CC3)cc2F)cc1F)C(F)(F)F. The zero-order valence-corrected chi connectivity index (χ0v) is 18.4. The summed E-state index contributed by atoms with van der Waals surface area (Å²) >= 11 is 0. The fourth-order valence-corrected chi connectivity index (χ4v) is 4.41. The Balaban J connectivity index is 1.79. The van der Waals surface area contributed by atoms with Crippen molar-refractivity contribution in [2.24, 2.45) is 5.92 Å². The van der Waals surface area contributed by atoms with E-state index in [1.165, 1.54) is 0 Å². The molecule has 1 aliphatic carbocycles. The fraction of sp³-hybridized carbons (Fsp3) is 0.400. The molecular weight excluding hydrogens is 465 g/mol. The van der Waals surface area contributed by atoms with Crippen LogP contribution in [-0.4, -0.2) is 12.1 Å². The molecular formula is C25H23F7O2. The van der Waals surface area contributed by atoms with E-state index in [9.17, 15) is 35.5 Å². The first-order chi connectivity index (χ1) is 15.9. The highest BCUT2D eigenvalue weighted by Gasteiger charge is 2.36. The van der Waals surface area contributed by atoms with Gasteiger partial charge in [-0.15, -0.1) is 0 Å². The van der Waals surface area contributed by atoms with Gasteiger partial charge in [-0.2, -0.15) is 13.2 Å². The predicted molar refractivity (Wildman–Crippen MR) is 112 cm³/mol. The van der Waals surface area contributed by atoms with Gasteiger partial charge in [0.2, 0.25) is 0 Å². The lowest BCUT2D eigenvalue weighted by Gasteiger charge is -2.28. The van der Waals surface area contributed by atoms with Gasteiger partial charge in [-0.05, 0) is 55.2 Å². The van der Waals surface area contributed by atoms with Gasteiger partial charge in [0.1, 0.15) is 34.6 Å². The van der Waals surface area contributed by atoms with Gasteiger partial charge in [0.25, 0.3) is 0 Å². The van der Waals surface area contributed by atoms with Crippen LogP contribution in [0.5, 0.6) is 5.75 Å². The molecule has 3 rings (SSSR count). The van der Waals surface area contributed by atoms with Gasteiger partial charge in [-0.1, -0.05) is 26.3 Å². The Morgan fingerprint density at radius 3 is 1.88 bits per heavy atom. The first kappa shape index (κ1) is 25.8. The molecule has 0 aromatic heterocycles. The molecule has 0 spiro atoms. The molecule has 2 nitrogen and oxygen atoms in total. The van der Waals surface area contributed by atoms with E-state index in [-0.39, 0.29) is 5.92 Å². The Morgan fingerprint density at radius 2 is 1.41 bits per heavy atom. The number of alkyl halides is 3. The average molecular weight is 488 g/mol. The Hall–Kier alpha value is -2.84. The molecule has 1 aliphatic rings. The van der Waals surface area contributed by atoms with Crippen LogP contribution in [-0.2, 0) is 0 Å². The summed E-state index contributed by atoms with van der Waals surface area (Å²) in [6.07, 6.45) is 0.501. The molecule has 0 atom stereocenters. The van der Waals surface area contributed by atoms with E-state index < -0.39 is 57.9 Å². The van der Waals surface area contributed by atoms with Crippen LogP contribution >= 0.6 is 0 Å². The molecule has 0 bridgehead atoms. The Kier molecular flexibility index (Phi) is 7.73. The number of benzene rings is 2. The predicted octanol–water partition coefficient (Wildman–Crippen LogP) is 8.11. The molecule has 0 N–H and O–H groups in total. The van der Waals surface area contributed by atoms with Crippen LogP contribution in [0.15, 0.2) is 30.8 Å². The van der Waals surface area contributed by atoms with Crippen molar-refractivity contribution >= 4 is 11.5 Å². The number of hydrogen-bond acceptors (Lipinski definition) is 2. The summed E-state index contributed by atoms with van der Waals surface area (Å²) in [5.74, 6) is -7.67. The normalized spacial score (nSPS) is 18.6. The summed E-state index contributed by atoms with van der Waals surface area (Å²) in [4.78, 5) is 12.3. The highest BCUT2D eigenvalue weighted by molar-refractivity contribution is 5.91. The van der Waals surface area contributed by atoms with E-state index in [1.54, 1.807) is 0 Å². The number of rotatable bonds is 6. The molecule has 9 heteroatoms. The molecule has 1 saturated carbocycles. The van der Waals surface area contributed by atoms with Crippen LogP contribution in [0.1, 0.15) is 72.9 Å². The van der Waals surface area contributed by atoms with E-state index in [1.807, 2.05) is 0 Å². The molecule has 0 amide bonds. The van der Waals surface area contributed by atoms with Gasteiger partial charge in [0.15, 0.2) is 0 Å². The second-order valence-corrected chi connectivity index (χ2v) is 8.49. The number of carbonyl (C=O) groups excluding carboxylic acids is 1. The minimum atomic E-state index is -5.09. The minimum Gasteiger partial charge on any atom is -0.423 e. The molecule has 2 aromatic rings. The van der Waals surface area contributed by atoms with Gasteiger partial charge in [0.05, 0.1) is 11.1 Å². The maximum atomic E-state index is 14.7. The maximum absolute atomic E-state index is 14.7. The Morgan fingerprint density at radius 1 is 0.912 bits per heavy atom. The zero-order chi connectivity index (χ0) is 25.2. The van der Waals surface area contributed by atoms with E-state index in [2.05, 4.69) is 18.2 Å². The molecule has 0 heterocycles. The second-order valence-electron chi connectivity index (χ2n) is 8.49. The van der Waals surface area contributed by atoms with Crippen molar-refractivity contribution < 1.29 is 40.3 Å². The lowest BCUT2D eigenvalue weighted by Crippen LogP contribution is -2.17. The Labute approximate surface area is 192 Å².